The molecular formula is C49H34N2. The average Bonchev–Trinajstić information content (AvgIpc) is 3.71. The van der Waals surface area contributed by atoms with Crippen molar-refractivity contribution in [2.75, 3.05) is 0 Å². The number of benzene rings is 8. The van der Waals surface area contributed by atoms with Gasteiger partial charge in [-0.2, -0.15) is 0 Å². The van der Waals surface area contributed by atoms with E-state index in [1.165, 1.54) is 82.6 Å². The Labute approximate surface area is 297 Å². The van der Waals surface area contributed by atoms with E-state index in [1.54, 1.807) is 0 Å². The summed E-state index contributed by atoms with van der Waals surface area (Å²) in [4.78, 5) is 0. The fourth-order valence-corrected chi connectivity index (χ4v) is 8.09. The summed E-state index contributed by atoms with van der Waals surface area (Å²) in [6.07, 6.45) is 0. The molecule has 10 aromatic rings. The zero-order valence-electron chi connectivity index (χ0n) is 28.3. The van der Waals surface area contributed by atoms with Crippen LogP contribution in [0.1, 0.15) is 5.56 Å². The maximum atomic E-state index is 2.44. The van der Waals surface area contributed by atoms with Crippen LogP contribution < -0.4 is 0 Å². The van der Waals surface area contributed by atoms with Gasteiger partial charge in [-0.05, 0) is 94.4 Å². The van der Waals surface area contributed by atoms with Gasteiger partial charge in [-0.3, -0.25) is 0 Å². The molecule has 0 bridgehead atoms. The summed E-state index contributed by atoms with van der Waals surface area (Å²) in [6, 6.07) is 68.5. The summed E-state index contributed by atoms with van der Waals surface area (Å²) in [5.74, 6) is 0. The number of aromatic nitrogens is 2. The summed E-state index contributed by atoms with van der Waals surface area (Å²) >= 11 is 0. The minimum atomic E-state index is 1.16. The molecule has 0 aliphatic rings. The van der Waals surface area contributed by atoms with Crippen LogP contribution in [0.3, 0.4) is 0 Å². The van der Waals surface area contributed by atoms with Gasteiger partial charge in [0.15, 0.2) is 0 Å². The van der Waals surface area contributed by atoms with Crippen molar-refractivity contribution < 1.29 is 0 Å². The highest BCUT2D eigenvalue weighted by molar-refractivity contribution is 6.22. The van der Waals surface area contributed by atoms with Gasteiger partial charge in [0.2, 0.25) is 0 Å². The van der Waals surface area contributed by atoms with E-state index in [0.29, 0.717) is 0 Å². The first-order valence-corrected chi connectivity index (χ1v) is 17.6. The number of nitrogens with zero attached hydrogens (tertiary/aromatic N) is 2. The molecule has 2 aromatic heterocycles. The second-order valence-corrected chi connectivity index (χ2v) is 13.4. The van der Waals surface area contributed by atoms with Crippen LogP contribution >= 0.6 is 0 Å². The van der Waals surface area contributed by atoms with E-state index in [0.717, 1.165) is 11.4 Å². The molecule has 10 rings (SSSR count). The quantitative estimate of drug-likeness (QED) is 0.175. The highest BCUT2D eigenvalue weighted by Crippen LogP contribution is 2.44. The first-order chi connectivity index (χ1) is 25.2. The number of aryl methyl sites for hydroxylation is 1. The summed E-state index contributed by atoms with van der Waals surface area (Å²) in [5.41, 5.74) is 15.7. The minimum absolute atomic E-state index is 1.16. The molecule has 0 radical (unpaired) electrons. The summed E-state index contributed by atoms with van der Waals surface area (Å²) in [7, 11) is 0. The normalized spacial score (nSPS) is 11.6. The summed E-state index contributed by atoms with van der Waals surface area (Å²) < 4.78 is 4.87. The van der Waals surface area contributed by atoms with Crippen LogP contribution in [0.15, 0.2) is 188 Å². The van der Waals surface area contributed by atoms with Gasteiger partial charge in [0, 0.05) is 32.9 Å². The molecule has 51 heavy (non-hydrogen) atoms. The van der Waals surface area contributed by atoms with E-state index in [4.69, 9.17) is 0 Å². The van der Waals surface area contributed by atoms with Crippen LogP contribution in [0, 0.1) is 6.92 Å². The predicted molar refractivity (Wildman–Crippen MR) is 216 cm³/mol. The lowest BCUT2D eigenvalue weighted by Crippen LogP contribution is -1.94. The third-order valence-corrected chi connectivity index (χ3v) is 10.4. The Bertz CT molecular complexity index is 2890. The van der Waals surface area contributed by atoms with Gasteiger partial charge in [-0.1, -0.05) is 140 Å². The van der Waals surface area contributed by atoms with E-state index in [-0.39, 0.29) is 0 Å². The maximum absolute atomic E-state index is 2.44. The van der Waals surface area contributed by atoms with Gasteiger partial charge < -0.3 is 9.13 Å². The monoisotopic (exact) mass is 650 g/mol. The van der Waals surface area contributed by atoms with Gasteiger partial charge in [-0.25, -0.2) is 0 Å². The molecule has 0 amide bonds. The van der Waals surface area contributed by atoms with Crippen LogP contribution in [0.4, 0.5) is 0 Å². The van der Waals surface area contributed by atoms with Crippen LogP contribution in [0.25, 0.3) is 88.4 Å². The van der Waals surface area contributed by atoms with Crippen molar-refractivity contribution in [1.29, 1.82) is 0 Å². The van der Waals surface area contributed by atoms with Crippen LogP contribution in [0.2, 0.25) is 0 Å². The highest BCUT2D eigenvalue weighted by Gasteiger charge is 2.21. The van der Waals surface area contributed by atoms with Crippen molar-refractivity contribution in [2.24, 2.45) is 0 Å². The second kappa shape index (κ2) is 11.8. The number of fused-ring (bicyclic) bond motifs is 6. The Morgan fingerprint density at radius 3 is 1.51 bits per heavy atom. The smallest absolute Gasteiger partial charge is 0.0547 e. The molecule has 0 saturated heterocycles. The van der Waals surface area contributed by atoms with E-state index in [1.807, 2.05) is 0 Å². The SMILES string of the molecule is Cc1ccc2c3c(-c4cccc5c4c4ccccc4n5-c4cccc(-c5ccccc5)c4)cccc3n(-c3ccc(-c4ccccc4)cc3)c2c1. The molecule has 2 heterocycles. The number of hydrogen-bond acceptors (Lipinski definition) is 0. The Morgan fingerprint density at radius 1 is 0.314 bits per heavy atom. The van der Waals surface area contributed by atoms with Gasteiger partial charge in [0.05, 0.1) is 22.1 Å². The third kappa shape index (κ3) is 4.72. The number of para-hydroxylation sites is 1. The summed E-state index contributed by atoms with van der Waals surface area (Å²) in [5, 5.41) is 5.05. The molecule has 2 nitrogen and oxygen atoms in total. The van der Waals surface area contributed by atoms with E-state index in [9.17, 15) is 0 Å². The van der Waals surface area contributed by atoms with Crippen molar-refractivity contribution in [3.8, 4) is 44.8 Å². The average molecular weight is 651 g/mol. The molecule has 0 aliphatic heterocycles. The zero-order chi connectivity index (χ0) is 33.9. The molecule has 0 spiro atoms. The Morgan fingerprint density at radius 2 is 0.824 bits per heavy atom. The lowest BCUT2D eigenvalue weighted by Gasteiger charge is -2.12. The summed E-state index contributed by atoms with van der Waals surface area (Å²) in [6.45, 7) is 2.18. The van der Waals surface area contributed by atoms with Crippen molar-refractivity contribution >= 4 is 43.6 Å². The standard InChI is InChI=1S/C49H34N2/c1-33-25-30-43-47(31-33)50(38-28-26-36(27-29-38)34-13-4-2-5-14-34)45-23-11-21-41(49(43)45)40-20-12-24-46-48(40)42-19-8-9-22-44(42)51(46)39-18-10-17-37(32-39)35-15-6-3-7-16-35/h2-32H,1H3. The third-order valence-electron chi connectivity index (χ3n) is 10.4. The van der Waals surface area contributed by atoms with Gasteiger partial charge in [-0.15, -0.1) is 0 Å². The molecule has 0 saturated carbocycles. The first kappa shape index (κ1) is 29.3. The molecule has 0 N–H and O–H groups in total. The Kier molecular flexibility index (Phi) is 6.75. The first-order valence-electron chi connectivity index (χ1n) is 17.6. The van der Waals surface area contributed by atoms with Crippen LogP contribution in [-0.4, -0.2) is 9.13 Å². The molecule has 0 unspecified atom stereocenters. The van der Waals surface area contributed by atoms with Crippen molar-refractivity contribution in [1.82, 2.24) is 9.13 Å². The fourth-order valence-electron chi connectivity index (χ4n) is 8.09. The lowest BCUT2D eigenvalue weighted by atomic mass is 9.95. The largest absolute Gasteiger partial charge is 0.309 e. The van der Waals surface area contributed by atoms with E-state index >= 15 is 0 Å². The topological polar surface area (TPSA) is 9.86 Å². The second-order valence-electron chi connectivity index (χ2n) is 13.4. The van der Waals surface area contributed by atoms with Gasteiger partial charge >= 0.3 is 0 Å². The maximum Gasteiger partial charge on any atom is 0.0547 e. The fraction of sp³-hybridized carbons (Fsp3) is 0.0204. The molecule has 0 fully saturated rings. The van der Waals surface area contributed by atoms with Crippen LogP contribution in [0.5, 0.6) is 0 Å². The van der Waals surface area contributed by atoms with Crippen molar-refractivity contribution in [2.45, 2.75) is 6.92 Å². The zero-order valence-corrected chi connectivity index (χ0v) is 28.3. The molecule has 2 heteroatoms. The highest BCUT2D eigenvalue weighted by atomic mass is 15.0. The number of hydrogen-bond donors (Lipinski definition) is 0. The molecule has 8 aromatic carbocycles. The van der Waals surface area contributed by atoms with Gasteiger partial charge in [0.25, 0.3) is 0 Å². The lowest BCUT2D eigenvalue weighted by molar-refractivity contribution is 1.18. The Hall–Kier alpha value is -6.64. The van der Waals surface area contributed by atoms with E-state index < -0.39 is 0 Å². The predicted octanol–water partition coefficient (Wildman–Crippen LogP) is 13.2. The molecule has 0 atom stereocenters. The van der Waals surface area contributed by atoms with Crippen molar-refractivity contribution in [3.63, 3.8) is 0 Å². The van der Waals surface area contributed by atoms with Crippen LogP contribution in [-0.2, 0) is 0 Å². The Balaban J connectivity index is 1.22. The van der Waals surface area contributed by atoms with Crippen molar-refractivity contribution in [3.05, 3.63) is 194 Å². The number of rotatable bonds is 5. The molecule has 0 aliphatic carbocycles. The minimum Gasteiger partial charge on any atom is -0.309 e. The molecular weight excluding hydrogens is 617 g/mol. The molecule has 240 valence electrons. The van der Waals surface area contributed by atoms with E-state index in [2.05, 4.69) is 204 Å². The van der Waals surface area contributed by atoms with Gasteiger partial charge in [0.1, 0.15) is 0 Å².